The zero-order chi connectivity index (χ0) is 20.4. The summed E-state index contributed by atoms with van der Waals surface area (Å²) >= 11 is 1.33. The lowest BCUT2D eigenvalue weighted by molar-refractivity contribution is -0.116. The van der Waals surface area contributed by atoms with Gasteiger partial charge in [0, 0.05) is 6.42 Å². The van der Waals surface area contributed by atoms with Crippen molar-refractivity contribution >= 4 is 23.4 Å². The summed E-state index contributed by atoms with van der Waals surface area (Å²) in [5.41, 5.74) is 5.77. The summed E-state index contributed by atoms with van der Waals surface area (Å²) in [5.74, 6) is 0.0509. The Morgan fingerprint density at radius 2 is 1.90 bits per heavy atom. The molecule has 3 aromatic rings. The van der Waals surface area contributed by atoms with Gasteiger partial charge in [-0.1, -0.05) is 62.0 Å². The molecule has 0 bridgehead atoms. The topological polar surface area (TPSA) is 71.8 Å². The lowest BCUT2D eigenvalue weighted by Gasteiger charge is -2.33. The molecule has 1 aromatic heterocycles. The Morgan fingerprint density at radius 1 is 1.14 bits per heavy atom. The van der Waals surface area contributed by atoms with Crippen molar-refractivity contribution in [1.29, 1.82) is 0 Å². The fourth-order valence-corrected chi connectivity index (χ4v) is 4.40. The monoisotopic (exact) mass is 411 g/mol. The van der Waals surface area contributed by atoms with Gasteiger partial charge in [0.15, 0.2) is 5.82 Å². The summed E-state index contributed by atoms with van der Waals surface area (Å²) < 4.78 is 15.9. The molecule has 0 saturated carbocycles. The Morgan fingerprint density at radius 3 is 2.59 bits per heavy atom. The molecule has 29 heavy (non-hydrogen) atoms. The smallest absolute Gasteiger partial charge is 0.240 e. The Balaban J connectivity index is 1.68. The van der Waals surface area contributed by atoms with Gasteiger partial charge in [-0.15, -0.1) is 10.2 Å². The summed E-state index contributed by atoms with van der Waals surface area (Å²) in [6.45, 7) is 4.11. The van der Waals surface area contributed by atoms with Crippen LogP contribution in [0.2, 0.25) is 0 Å². The summed E-state index contributed by atoms with van der Waals surface area (Å²) in [5, 5.41) is 11.2. The second kappa shape index (κ2) is 8.24. The third-order valence-electron chi connectivity index (χ3n) is 4.96. The molecule has 1 aliphatic rings. The maximum absolute atomic E-state index is 14.0. The molecule has 2 unspecified atom stereocenters. The molecule has 1 aliphatic heterocycles. The number of aromatic nitrogens is 3. The molecule has 0 aliphatic carbocycles. The molecule has 0 saturated heterocycles. The summed E-state index contributed by atoms with van der Waals surface area (Å²) in [4.78, 5) is 13.1. The molecule has 1 amide bonds. The van der Waals surface area contributed by atoms with Crippen molar-refractivity contribution in [1.82, 2.24) is 14.9 Å². The number of halogens is 1. The lowest BCUT2D eigenvalue weighted by Crippen LogP contribution is -2.41. The van der Waals surface area contributed by atoms with Crippen LogP contribution in [0.5, 0.6) is 0 Å². The van der Waals surface area contributed by atoms with Crippen molar-refractivity contribution in [2.75, 3.05) is 10.7 Å². The molecule has 0 spiro atoms. The molecule has 2 heterocycles. The Bertz CT molecular complexity index is 1020. The van der Waals surface area contributed by atoms with E-state index in [4.69, 9.17) is 0 Å². The highest BCUT2D eigenvalue weighted by Gasteiger charge is 2.37. The van der Waals surface area contributed by atoms with E-state index >= 15 is 0 Å². The maximum Gasteiger partial charge on any atom is 0.240 e. The van der Waals surface area contributed by atoms with Crippen molar-refractivity contribution in [2.24, 2.45) is 0 Å². The van der Waals surface area contributed by atoms with E-state index in [9.17, 15) is 9.18 Å². The SMILES string of the molecule is CCc1ccc(C2Nn3c(CC)nnc3SC2C(=O)Nc2ccccc2F)cc1. The first-order valence-electron chi connectivity index (χ1n) is 9.62. The zero-order valence-electron chi connectivity index (χ0n) is 16.2. The average Bonchev–Trinajstić information content (AvgIpc) is 3.16. The number of aryl methyl sites for hydroxylation is 2. The molecular weight excluding hydrogens is 389 g/mol. The second-order valence-electron chi connectivity index (χ2n) is 6.80. The number of hydrogen-bond acceptors (Lipinski definition) is 5. The first kappa shape index (κ1) is 19.4. The van der Waals surface area contributed by atoms with E-state index in [2.05, 4.69) is 40.0 Å². The number of carbonyl (C=O) groups is 1. The van der Waals surface area contributed by atoms with Gasteiger partial charge in [0.2, 0.25) is 11.1 Å². The van der Waals surface area contributed by atoms with Crippen LogP contribution in [0.15, 0.2) is 53.7 Å². The van der Waals surface area contributed by atoms with Gasteiger partial charge in [0.25, 0.3) is 0 Å². The van der Waals surface area contributed by atoms with E-state index in [0.29, 0.717) is 11.6 Å². The van der Waals surface area contributed by atoms with Gasteiger partial charge in [0.05, 0.1) is 11.7 Å². The van der Waals surface area contributed by atoms with Crippen LogP contribution in [0, 0.1) is 5.82 Å². The minimum Gasteiger partial charge on any atom is -0.323 e. The molecule has 4 rings (SSSR count). The number of para-hydroxylation sites is 1. The van der Waals surface area contributed by atoms with Gasteiger partial charge in [-0.05, 0) is 29.7 Å². The number of amides is 1. The van der Waals surface area contributed by atoms with Crippen molar-refractivity contribution in [3.8, 4) is 0 Å². The second-order valence-corrected chi connectivity index (χ2v) is 7.91. The van der Waals surface area contributed by atoms with Crippen molar-refractivity contribution in [3.05, 3.63) is 71.3 Å². The Hall–Kier alpha value is -2.87. The molecule has 2 N–H and O–H groups in total. The van der Waals surface area contributed by atoms with Gasteiger partial charge in [-0.2, -0.15) is 0 Å². The van der Waals surface area contributed by atoms with Gasteiger partial charge in [-0.3, -0.25) is 4.79 Å². The first-order chi connectivity index (χ1) is 14.1. The molecule has 0 radical (unpaired) electrons. The van der Waals surface area contributed by atoms with Gasteiger partial charge in [-0.25, -0.2) is 9.07 Å². The van der Waals surface area contributed by atoms with Crippen molar-refractivity contribution in [2.45, 2.75) is 43.1 Å². The van der Waals surface area contributed by atoms with Crippen molar-refractivity contribution in [3.63, 3.8) is 0 Å². The van der Waals surface area contributed by atoms with Crippen LogP contribution in [0.3, 0.4) is 0 Å². The minimum absolute atomic E-state index is 0.166. The number of fused-ring (bicyclic) bond motifs is 1. The Kier molecular flexibility index (Phi) is 5.53. The summed E-state index contributed by atoms with van der Waals surface area (Å²) in [7, 11) is 0. The van der Waals surface area contributed by atoms with Crippen LogP contribution >= 0.6 is 11.8 Å². The molecule has 8 heteroatoms. The van der Waals surface area contributed by atoms with Crippen molar-refractivity contribution < 1.29 is 9.18 Å². The number of anilines is 1. The largest absolute Gasteiger partial charge is 0.323 e. The van der Waals surface area contributed by atoms with Gasteiger partial charge < -0.3 is 10.7 Å². The zero-order valence-corrected chi connectivity index (χ0v) is 17.0. The van der Waals surface area contributed by atoms with Crippen LogP contribution in [0.25, 0.3) is 0 Å². The highest BCUT2D eigenvalue weighted by molar-refractivity contribution is 8.00. The molecule has 2 atom stereocenters. The molecular formula is C21H22FN5OS. The quantitative estimate of drug-likeness (QED) is 0.665. The van der Waals surface area contributed by atoms with E-state index in [1.807, 2.05) is 23.7 Å². The number of carbonyl (C=O) groups excluding carboxylic acids is 1. The van der Waals surface area contributed by atoms with Gasteiger partial charge >= 0.3 is 0 Å². The van der Waals surface area contributed by atoms with Gasteiger partial charge in [0.1, 0.15) is 11.1 Å². The fourth-order valence-electron chi connectivity index (χ4n) is 3.30. The highest BCUT2D eigenvalue weighted by atomic mass is 32.2. The van der Waals surface area contributed by atoms with Crippen LogP contribution in [-0.2, 0) is 17.6 Å². The number of rotatable bonds is 5. The fraction of sp³-hybridized carbons (Fsp3) is 0.286. The number of thioether (sulfide) groups is 1. The number of nitrogens with one attached hydrogen (secondary N) is 2. The standard InChI is InChI=1S/C21H22FN5OS/c1-3-13-9-11-14(12-10-13)18-19(20(28)23-16-8-6-5-7-15(16)22)29-21-25-24-17(4-2)27(21)26-18/h5-12,18-19,26H,3-4H2,1-2H3,(H,23,28). The van der Waals surface area contributed by atoms with E-state index < -0.39 is 11.1 Å². The lowest BCUT2D eigenvalue weighted by atomic mass is 10.0. The van der Waals surface area contributed by atoms with Crippen LogP contribution < -0.4 is 10.7 Å². The summed E-state index contributed by atoms with van der Waals surface area (Å²) in [6, 6.07) is 14.0. The van der Waals surface area contributed by atoms with E-state index in [0.717, 1.165) is 17.8 Å². The van der Waals surface area contributed by atoms with Crippen LogP contribution in [-0.4, -0.2) is 26.0 Å². The van der Waals surface area contributed by atoms with Crippen LogP contribution in [0.4, 0.5) is 10.1 Å². The molecule has 0 fully saturated rings. The number of nitrogens with zero attached hydrogens (tertiary/aromatic N) is 3. The highest BCUT2D eigenvalue weighted by Crippen LogP contribution is 2.37. The Labute approximate surface area is 172 Å². The first-order valence-corrected chi connectivity index (χ1v) is 10.5. The maximum atomic E-state index is 14.0. The number of hydrogen-bond donors (Lipinski definition) is 2. The summed E-state index contributed by atoms with van der Waals surface area (Å²) in [6.07, 6.45) is 1.66. The molecule has 6 nitrogen and oxygen atoms in total. The predicted molar refractivity (Wildman–Crippen MR) is 112 cm³/mol. The van der Waals surface area contributed by atoms with Crippen LogP contribution in [0.1, 0.15) is 36.8 Å². The van der Waals surface area contributed by atoms with E-state index in [-0.39, 0.29) is 17.6 Å². The minimum atomic E-state index is -0.538. The normalized spacial score (nSPS) is 18.0. The molecule has 2 aromatic carbocycles. The number of benzene rings is 2. The van der Waals surface area contributed by atoms with E-state index in [1.165, 1.54) is 23.4 Å². The third-order valence-corrected chi connectivity index (χ3v) is 6.17. The molecule has 150 valence electrons. The third kappa shape index (κ3) is 3.85. The van der Waals surface area contributed by atoms with E-state index in [1.54, 1.807) is 18.2 Å². The predicted octanol–water partition coefficient (Wildman–Crippen LogP) is 3.94. The average molecular weight is 412 g/mol.